The molecule has 0 heterocycles. The SMILES string of the molecule is CC(CC(=O)N(CCN)CC(F)F)C(C)(C)C. The molecule has 102 valence electrons. The molecule has 17 heavy (non-hydrogen) atoms. The predicted octanol–water partition coefficient (Wildman–Crippen LogP) is 2.11. The predicted molar refractivity (Wildman–Crippen MR) is 64.9 cm³/mol. The molecule has 0 saturated carbocycles. The summed E-state index contributed by atoms with van der Waals surface area (Å²) in [6.45, 7) is 7.94. The highest BCUT2D eigenvalue weighted by atomic mass is 19.3. The summed E-state index contributed by atoms with van der Waals surface area (Å²) < 4.78 is 24.6. The molecular formula is C12H24F2N2O. The number of carbonyl (C=O) groups excluding carboxylic acids is 1. The molecule has 0 aliphatic heterocycles. The minimum atomic E-state index is -2.50. The van der Waals surface area contributed by atoms with Crippen LogP contribution in [0.3, 0.4) is 0 Å². The maximum absolute atomic E-state index is 12.3. The van der Waals surface area contributed by atoms with E-state index in [-0.39, 0.29) is 36.8 Å². The van der Waals surface area contributed by atoms with Gasteiger partial charge in [-0.1, -0.05) is 27.7 Å². The van der Waals surface area contributed by atoms with Crippen molar-refractivity contribution in [3.63, 3.8) is 0 Å². The van der Waals surface area contributed by atoms with Crippen molar-refractivity contribution < 1.29 is 13.6 Å². The van der Waals surface area contributed by atoms with Crippen LogP contribution in [0.2, 0.25) is 0 Å². The molecule has 1 atom stereocenters. The molecule has 2 N–H and O–H groups in total. The molecule has 0 fully saturated rings. The second-order valence-corrected chi connectivity index (χ2v) is 5.49. The molecule has 0 aliphatic rings. The van der Waals surface area contributed by atoms with Crippen molar-refractivity contribution in [1.29, 1.82) is 0 Å². The van der Waals surface area contributed by atoms with Crippen molar-refractivity contribution >= 4 is 5.91 Å². The topological polar surface area (TPSA) is 46.3 Å². The first kappa shape index (κ1) is 16.3. The van der Waals surface area contributed by atoms with Gasteiger partial charge in [-0.25, -0.2) is 8.78 Å². The van der Waals surface area contributed by atoms with Crippen LogP contribution in [-0.2, 0) is 4.79 Å². The first-order valence-corrected chi connectivity index (χ1v) is 5.94. The molecule has 0 aromatic heterocycles. The van der Waals surface area contributed by atoms with Crippen LogP contribution in [0, 0.1) is 11.3 Å². The minimum absolute atomic E-state index is 0.00508. The number of amides is 1. The zero-order valence-electron chi connectivity index (χ0n) is 11.2. The Morgan fingerprint density at radius 1 is 1.35 bits per heavy atom. The number of alkyl halides is 2. The molecule has 0 aromatic carbocycles. The summed E-state index contributed by atoms with van der Waals surface area (Å²) in [5, 5.41) is 0. The Hall–Kier alpha value is -0.710. The molecule has 0 rings (SSSR count). The number of rotatable bonds is 6. The number of hydrogen-bond donors (Lipinski definition) is 1. The van der Waals surface area contributed by atoms with Crippen LogP contribution in [0.4, 0.5) is 8.78 Å². The van der Waals surface area contributed by atoms with E-state index in [2.05, 4.69) is 0 Å². The van der Waals surface area contributed by atoms with Crippen molar-refractivity contribution in [2.45, 2.75) is 40.5 Å². The number of hydrogen-bond acceptors (Lipinski definition) is 2. The second kappa shape index (κ2) is 6.89. The van der Waals surface area contributed by atoms with Crippen molar-refractivity contribution in [3.8, 4) is 0 Å². The fourth-order valence-electron chi connectivity index (χ4n) is 1.34. The summed E-state index contributed by atoms with van der Waals surface area (Å²) in [5.74, 6) is -0.0916. The Kier molecular flexibility index (Phi) is 6.60. The number of nitrogens with two attached hydrogens (primary N) is 1. The summed E-state index contributed by atoms with van der Waals surface area (Å²) in [6.07, 6.45) is -2.22. The smallest absolute Gasteiger partial charge is 0.255 e. The Balaban J connectivity index is 4.42. The number of halogens is 2. The lowest BCUT2D eigenvalue weighted by Gasteiger charge is -2.29. The third-order valence-corrected chi connectivity index (χ3v) is 3.07. The first-order valence-electron chi connectivity index (χ1n) is 5.94. The fourth-order valence-corrected chi connectivity index (χ4v) is 1.34. The summed E-state index contributed by atoms with van der Waals surface area (Å²) in [7, 11) is 0. The van der Waals surface area contributed by atoms with Gasteiger partial charge in [-0.2, -0.15) is 0 Å². The van der Waals surface area contributed by atoms with Crippen molar-refractivity contribution in [1.82, 2.24) is 4.90 Å². The zero-order valence-corrected chi connectivity index (χ0v) is 11.2. The Morgan fingerprint density at radius 3 is 2.24 bits per heavy atom. The molecule has 0 aromatic rings. The average Bonchev–Trinajstić information content (AvgIpc) is 2.14. The molecule has 1 unspecified atom stereocenters. The summed E-state index contributed by atoms with van der Waals surface area (Å²) in [6, 6.07) is 0. The largest absolute Gasteiger partial charge is 0.336 e. The Labute approximate surface area is 102 Å². The van der Waals surface area contributed by atoms with Crippen LogP contribution >= 0.6 is 0 Å². The molecule has 5 heteroatoms. The van der Waals surface area contributed by atoms with Crippen LogP contribution in [-0.4, -0.2) is 36.9 Å². The molecule has 0 saturated heterocycles. The molecule has 0 aliphatic carbocycles. The summed E-state index contributed by atoms with van der Waals surface area (Å²) in [4.78, 5) is 13.0. The van der Waals surface area contributed by atoms with Gasteiger partial charge in [0.2, 0.25) is 5.91 Å². The van der Waals surface area contributed by atoms with Crippen LogP contribution in [0.1, 0.15) is 34.1 Å². The molecule has 0 spiro atoms. The number of carbonyl (C=O) groups is 1. The van der Waals surface area contributed by atoms with Crippen LogP contribution in [0.25, 0.3) is 0 Å². The van der Waals surface area contributed by atoms with Gasteiger partial charge in [-0.05, 0) is 11.3 Å². The fraction of sp³-hybridized carbons (Fsp3) is 0.917. The van der Waals surface area contributed by atoms with Crippen LogP contribution in [0.5, 0.6) is 0 Å². The van der Waals surface area contributed by atoms with E-state index < -0.39 is 13.0 Å². The lowest BCUT2D eigenvalue weighted by molar-refractivity contribution is -0.134. The van der Waals surface area contributed by atoms with E-state index in [1.807, 2.05) is 27.7 Å². The quantitative estimate of drug-likeness (QED) is 0.784. The van der Waals surface area contributed by atoms with Gasteiger partial charge in [0.15, 0.2) is 0 Å². The third kappa shape index (κ3) is 6.56. The molecule has 0 radical (unpaired) electrons. The van der Waals surface area contributed by atoms with Gasteiger partial charge < -0.3 is 10.6 Å². The lowest BCUT2D eigenvalue weighted by Crippen LogP contribution is -2.40. The van der Waals surface area contributed by atoms with Gasteiger partial charge in [0.25, 0.3) is 6.43 Å². The second-order valence-electron chi connectivity index (χ2n) is 5.49. The normalized spacial score (nSPS) is 13.9. The maximum Gasteiger partial charge on any atom is 0.255 e. The average molecular weight is 250 g/mol. The third-order valence-electron chi connectivity index (χ3n) is 3.07. The minimum Gasteiger partial charge on any atom is -0.336 e. The van der Waals surface area contributed by atoms with E-state index in [9.17, 15) is 13.6 Å². The number of nitrogens with zero attached hydrogens (tertiary/aromatic N) is 1. The standard InChI is InChI=1S/C12H24F2N2O/c1-9(12(2,3)4)7-11(17)16(6-5-15)8-10(13)14/h9-10H,5-8,15H2,1-4H3. The highest BCUT2D eigenvalue weighted by Crippen LogP contribution is 2.28. The van der Waals surface area contributed by atoms with E-state index in [1.54, 1.807) is 0 Å². The van der Waals surface area contributed by atoms with Crippen molar-refractivity contribution in [3.05, 3.63) is 0 Å². The molecule has 1 amide bonds. The van der Waals surface area contributed by atoms with Crippen LogP contribution in [0.15, 0.2) is 0 Å². The summed E-state index contributed by atoms with van der Waals surface area (Å²) >= 11 is 0. The first-order chi connectivity index (χ1) is 7.68. The van der Waals surface area contributed by atoms with Gasteiger partial charge in [-0.3, -0.25) is 4.79 Å². The van der Waals surface area contributed by atoms with Gasteiger partial charge in [0.1, 0.15) is 0 Å². The lowest BCUT2D eigenvalue weighted by atomic mass is 9.80. The highest BCUT2D eigenvalue weighted by Gasteiger charge is 2.25. The highest BCUT2D eigenvalue weighted by molar-refractivity contribution is 5.76. The molecule has 3 nitrogen and oxygen atoms in total. The zero-order chi connectivity index (χ0) is 13.6. The van der Waals surface area contributed by atoms with Crippen molar-refractivity contribution in [2.75, 3.05) is 19.6 Å². The van der Waals surface area contributed by atoms with E-state index in [1.165, 1.54) is 0 Å². The van der Waals surface area contributed by atoms with Gasteiger partial charge in [0.05, 0.1) is 6.54 Å². The van der Waals surface area contributed by atoms with Gasteiger partial charge in [-0.15, -0.1) is 0 Å². The van der Waals surface area contributed by atoms with Crippen LogP contribution < -0.4 is 5.73 Å². The Bertz CT molecular complexity index is 239. The van der Waals surface area contributed by atoms with Gasteiger partial charge in [0, 0.05) is 19.5 Å². The Morgan fingerprint density at radius 2 is 1.88 bits per heavy atom. The van der Waals surface area contributed by atoms with Gasteiger partial charge >= 0.3 is 0 Å². The molecular weight excluding hydrogens is 226 g/mol. The van der Waals surface area contributed by atoms with E-state index in [0.29, 0.717) is 0 Å². The monoisotopic (exact) mass is 250 g/mol. The maximum atomic E-state index is 12.3. The molecule has 0 bridgehead atoms. The van der Waals surface area contributed by atoms with E-state index >= 15 is 0 Å². The van der Waals surface area contributed by atoms with E-state index in [0.717, 1.165) is 4.90 Å². The summed E-state index contributed by atoms with van der Waals surface area (Å²) in [5.41, 5.74) is 5.32. The van der Waals surface area contributed by atoms with E-state index in [4.69, 9.17) is 5.73 Å². The van der Waals surface area contributed by atoms with Crippen molar-refractivity contribution in [2.24, 2.45) is 17.1 Å².